The molecule has 0 saturated carbocycles. The maximum absolute atomic E-state index is 6.14. The fraction of sp³-hybridized carbons (Fsp3) is 0.188. The summed E-state index contributed by atoms with van der Waals surface area (Å²) in [5.74, 6) is 0. The average molecular weight is 365 g/mol. The molecular formula is C16H15BrClN3. The van der Waals surface area contributed by atoms with Gasteiger partial charge in [0.05, 0.1) is 11.4 Å². The smallest absolute Gasteiger partial charge is 0.137 e. The van der Waals surface area contributed by atoms with E-state index < -0.39 is 0 Å². The monoisotopic (exact) mass is 363 g/mol. The highest BCUT2D eigenvalue weighted by Crippen LogP contribution is 2.29. The van der Waals surface area contributed by atoms with E-state index in [1.165, 1.54) is 0 Å². The van der Waals surface area contributed by atoms with Gasteiger partial charge in [0.2, 0.25) is 0 Å². The number of hydrogen-bond donors (Lipinski definition) is 1. The van der Waals surface area contributed by atoms with Gasteiger partial charge >= 0.3 is 0 Å². The quantitative estimate of drug-likeness (QED) is 0.756. The first kappa shape index (κ1) is 14.6. The molecule has 0 aliphatic rings. The predicted molar refractivity (Wildman–Crippen MR) is 90.8 cm³/mol. The highest BCUT2D eigenvalue weighted by Gasteiger charge is 2.14. The normalized spacial score (nSPS) is 11.2. The van der Waals surface area contributed by atoms with Crippen molar-refractivity contribution in [3.05, 3.63) is 57.3 Å². The summed E-state index contributed by atoms with van der Waals surface area (Å²) in [6.07, 6.45) is 2.78. The molecule has 3 aromatic rings. The summed E-state index contributed by atoms with van der Waals surface area (Å²) in [6.45, 7) is 2.58. The molecule has 3 nitrogen and oxygen atoms in total. The zero-order valence-electron chi connectivity index (χ0n) is 11.6. The van der Waals surface area contributed by atoms with Crippen molar-refractivity contribution in [1.82, 2.24) is 9.38 Å². The minimum atomic E-state index is 0.574. The molecule has 0 fully saturated rings. The molecule has 0 aliphatic carbocycles. The Morgan fingerprint density at radius 2 is 2.10 bits per heavy atom. The topological polar surface area (TPSA) is 43.3 Å². The summed E-state index contributed by atoms with van der Waals surface area (Å²) in [7, 11) is 0. The SMILES string of the molecule is Cc1cc(-c2c(CCN)nc3ccc(Br)cn23)ccc1Cl. The minimum absolute atomic E-state index is 0.574. The Hall–Kier alpha value is -1.36. The number of hydrogen-bond acceptors (Lipinski definition) is 2. The summed E-state index contributed by atoms with van der Waals surface area (Å²) >= 11 is 9.66. The van der Waals surface area contributed by atoms with Crippen LogP contribution in [0.5, 0.6) is 0 Å². The van der Waals surface area contributed by atoms with Gasteiger partial charge in [-0.05, 0) is 59.2 Å². The fourth-order valence-corrected chi connectivity index (χ4v) is 2.93. The minimum Gasteiger partial charge on any atom is -0.330 e. The Labute approximate surface area is 136 Å². The van der Waals surface area contributed by atoms with Gasteiger partial charge in [-0.3, -0.25) is 4.40 Å². The highest BCUT2D eigenvalue weighted by atomic mass is 79.9. The first-order chi connectivity index (χ1) is 10.1. The van der Waals surface area contributed by atoms with Crippen molar-refractivity contribution >= 4 is 33.2 Å². The lowest BCUT2D eigenvalue weighted by molar-refractivity contribution is 0.939. The van der Waals surface area contributed by atoms with Crippen LogP contribution >= 0.6 is 27.5 Å². The molecule has 2 N–H and O–H groups in total. The van der Waals surface area contributed by atoms with Gasteiger partial charge in [-0.15, -0.1) is 0 Å². The number of fused-ring (bicyclic) bond motifs is 1. The first-order valence-electron chi connectivity index (χ1n) is 6.73. The lowest BCUT2D eigenvalue weighted by Gasteiger charge is -2.07. The lowest BCUT2D eigenvalue weighted by Crippen LogP contribution is -2.04. The van der Waals surface area contributed by atoms with Gasteiger partial charge < -0.3 is 5.73 Å². The van der Waals surface area contributed by atoms with Crippen LogP contribution in [-0.2, 0) is 6.42 Å². The fourth-order valence-electron chi connectivity index (χ4n) is 2.48. The standard InChI is InChI=1S/C16H15BrClN3/c1-10-8-11(2-4-13(10)18)16-14(6-7-19)20-15-5-3-12(17)9-21(15)16/h2-5,8-9H,6-7,19H2,1H3. The molecule has 0 radical (unpaired) electrons. The third-order valence-corrected chi connectivity index (χ3v) is 4.36. The number of imidazole rings is 1. The van der Waals surface area contributed by atoms with Crippen molar-refractivity contribution in [2.45, 2.75) is 13.3 Å². The van der Waals surface area contributed by atoms with E-state index in [9.17, 15) is 0 Å². The number of nitrogens with zero attached hydrogens (tertiary/aromatic N) is 2. The average Bonchev–Trinajstić information content (AvgIpc) is 2.80. The summed E-state index contributed by atoms with van der Waals surface area (Å²) in [5, 5.41) is 0.772. The molecule has 0 bridgehead atoms. The molecule has 0 unspecified atom stereocenters. The first-order valence-corrected chi connectivity index (χ1v) is 7.90. The van der Waals surface area contributed by atoms with Crippen LogP contribution in [0.25, 0.3) is 16.9 Å². The number of rotatable bonds is 3. The Kier molecular flexibility index (Phi) is 4.02. The number of pyridine rings is 1. The summed E-state index contributed by atoms with van der Waals surface area (Å²) < 4.78 is 3.11. The Balaban J connectivity index is 2.29. The van der Waals surface area contributed by atoms with E-state index >= 15 is 0 Å². The number of nitrogens with two attached hydrogens (primary N) is 1. The van der Waals surface area contributed by atoms with Gasteiger partial charge in [0.1, 0.15) is 5.65 Å². The molecule has 2 aromatic heterocycles. The van der Waals surface area contributed by atoms with Crippen LogP contribution in [0, 0.1) is 6.92 Å². The van der Waals surface area contributed by atoms with Crippen LogP contribution in [0.1, 0.15) is 11.3 Å². The maximum atomic E-state index is 6.14. The predicted octanol–water partition coefficient (Wildman–Crippen LogP) is 4.23. The van der Waals surface area contributed by atoms with E-state index in [1.54, 1.807) is 0 Å². The van der Waals surface area contributed by atoms with Crippen LogP contribution < -0.4 is 5.73 Å². The molecule has 2 heterocycles. The number of aryl methyl sites for hydroxylation is 1. The maximum Gasteiger partial charge on any atom is 0.137 e. The van der Waals surface area contributed by atoms with Gasteiger partial charge in [-0.1, -0.05) is 17.7 Å². The Morgan fingerprint density at radius 3 is 2.81 bits per heavy atom. The second-order valence-electron chi connectivity index (χ2n) is 4.99. The molecular weight excluding hydrogens is 350 g/mol. The van der Waals surface area contributed by atoms with Crippen molar-refractivity contribution in [3.8, 4) is 11.3 Å². The Bertz CT molecular complexity index is 811. The zero-order chi connectivity index (χ0) is 15.0. The van der Waals surface area contributed by atoms with Crippen molar-refractivity contribution in [2.24, 2.45) is 5.73 Å². The number of halogens is 2. The van der Waals surface area contributed by atoms with E-state index in [0.717, 1.165) is 44.1 Å². The largest absolute Gasteiger partial charge is 0.330 e. The van der Waals surface area contributed by atoms with Crippen molar-refractivity contribution < 1.29 is 0 Å². The van der Waals surface area contributed by atoms with Crippen LogP contribution in [0.3, 0.4) is 0 Å². The third-order valence-electron chi connectivity index (χ3n) is 3.47. The van der Waals surface area contributed by atoms with E-state index in [0.29, 0.717) is 6.54 Å². The van der Waals surface area contributed by atoms with Crippen molar-refractivity contribution in [2.75, 3.05) is 6.54 Å². The lowest BCUT2D eigenvalue weighted by atomic mass is 10.1. The van der Waals surface area contributed by atoms with E-state index in [2.05, 4.69) is 26.4 Å². The number of benzene rings is 1. The van der Waals surface area contributed by atoms with Gasteiger partial charge in [-0.2, -0.15) is 0 Å². The second kappa shape index (κ2) is 5.79. The third kappa shape index (κ3) is 2.71. The molecule has 108 valence electrons. The molecule has 0 spiro atoms. The number of aromatic nitrogens is 2. The van der Waals surface area contributed by atoms with E-state index in [4.69, 9.17) is 22.3 Å². The van der Waals surface area contributed by atoms with Gasteiger partial charge in [0, 0.05) is 27.7 Å². The van der Waals surface area contributed by atoms with Crippen LogP contribution in [0.2, 0.25) is 5.02 Å². The van der Waals surface area contributed by atoms with E-state index in [-0.39, 0.29) is 0 Å². The second-order valence-corrected chi connectivity index (χ2v) is 6.31. The summed E-state index contributed by atoms with van der Waals surface area (Å²) in [5.41, 5.74) is 10.9. The zero-order valence-corrected chi connectivity index (χ0v) is 13.9. The van der Waals surface area contributed by atoms with Crippen LogP contribution in [-0.4, -0.2) is 15.9 Å². The van der Waals surface area contributed by atoms with Gasteiger partial charge in [0.15, 0.2) is 0 Å². The van der Waals surface area contributed by atoms with Gasteiger partial charge in [0.25, 0.3) is 0 Å². The highest BCUT2D eigenvalue weighted by molar-refractivity contribution is 9.10. The molecule has 21 heavy (non-hydrogen) atoms. The molecule has 3 rings (SSSR count). The van der Waals surface area contributed by atoms with Crippen LogP contribution in [0.4, 0.5) is 0 Å². The molecule has 5 heteroatoms. The molecule has 0 amide bonds. The molecule has 1 aromatic carbocycles. The Morgan fingerprint density at radius 1 is 1.29 bits per heavy atom. The van der Waals surface area contributed by atoms with Crippen molar-refractivity contribution in [3.63, 3.8) is 0 Å². The summed E-state index contributed by atoms with van der Waals surface area (Å²) in [4.78, 5) is 4.70. The summed E-state index contributed by atoms with van der Waals surface area (Å²) in [6, 6.07) is 10.0. The van der Waals surface area contributed by atoms with Gasteiger partial charge in [-0.25, -0.2) is 4.98 Å². The molecule has 0 aliphatic heterocycles. The molecule has 0 atom stereocenters. The van der Waals surface area contributed by atoms with Crippen molar-refractivity contribution in [1.29, 1.82) is 0 Å². The molecule has 0 saturated heterocycles. The van der Waals surface area contributed by atoms with E-state index in [1.807, 2.05) is 37.4 Å². The van der Waals surface area contributed by atoms with Crippen LogP contribution in [0.15, 0.2) is 41.0 Å².